The molecule has 0 saturated carbocycles. The molecule has 128 valence electrons. The van der Waals surface area contributed by atoms with Gasteiger partial charge in [0.2, 0.25) is 12.7 Å². The van der Waals surface area contributed by atoms with Gasteiger partial charge in [-0.3, -0.25) is 4.79 Å². The van der Waals surface area contributed by atoms with Gasteiger partial charge >= 0.3 is 0 Å². The molecule has 5 nitrogen and oxygen atoms in total. The number of nitrogens with zero attached hydrogens (tertiary/aromatic N) is 1. The first-order valence-corrected chi connectivity index (χ1v) is 9.54. The van der Waals surface area contributed by atoms with Crippen LogP contribution in [0.25, 0.3) is 10.6 Å². The summed E-state index contributed by atoms with van der Waals surface area (Å²) in [5, 5.41) is 5.96. The SMILES string of the molecule is Cc1nc(-c2cccs2)c(CC(=O)NCc2ccc3c(c2)OCO3)s1. The topological polar surface area (TPSA) is 60.5 Å². The van der Waals surface area contributed by atoms with Crippen LogP contribution < -0.4 is 14.8 Å². The van der Waals surface area contributed by atoms with E-state index in [1.165, 1.54) is 0 Å². The molecular formula is C18H16N2O3S2. The quantitative estimate of drug-likeness (QED) is 0.741. The fraction of sp³-hybridized carbons (Fsp3) is 0.222. The third-order valence-electron chi connectivity index (χ3n) is 3.81. The molecule has 3 aromatic rings. The predicted molar refractivity (Wildman–Crippen MR) is 98.3 cm³/mol. The summed E-state index contributed by atoms with van der Waals surface area (Å²) in [6, 6.07) is 9.73. The molecule has 0 aliphatic carbocycles. The zero-order chi connectivity index (χ0) is 17.2. The van der Waals surface area contributed by atoms with Crippen molar-refractivity contribution < 1.29 is 14.3 Å². The lowest BCUT2D eigenvalue weighted by molar-refractivity contribution is -0.120. The number of hydrogen-bond donors (Lipinski definition) is 1. The molecule has 1 aromatic carbocycles. The lowest BCUT2D eigenvalue weighted by Gasteiger charge is -2.06. The van der Waals surface area contributed by atoms with Crippen molar-refractivity contribution in [2.24, 2.45) is 0 Å². The molecule has 0 atom stereocenters. The molecule has 0 spiro atoms. The van der Waals surface area contributed by atoms with Crippen LogP contribution in [0.2, 0.25) is 0 Å². The van der Waals surface area contributed by atoms with Crippen molar-refractivity contribution in [2.45, 2.75) is 19.9 Å². The van der Waals surface area contributed by atoms with Crippen LogP contribution in [-0.4, -0.2) is 17.7 Å². The Hall–Kier alpha value is -2.38. The van der Waals surface area contributed by atoms with Gasteiger partial charge in [0.25, 0.3) is 0 Å². The summed E-state index contributed by atoms with van der Waals surface area (Å²) < 4.78 is 10.7. The van der Waals surface area contributed by atoms with E-state index < -0.39 is 0 Å². The van der Waals surface area contributed by atoms with Crippen molar-refractivity contribution in [1.29, 1.82) is 0 Å². The molecule has 0 radical (unpaired) electrons. The van der Waals surface area contributed by atoms with E-state index in [1.54, 1.807) is 22.7 Å². The molecule has 0 fully saturated rings. The first kappa shape index (κ1) is 16.1. The second-order valence-electron chi connectivity index (χ2n) is 5.62. The lowest BCUT2D eigenvalue weighted by atomic mass is 10.2. The largest absolute Gasteiger partial charge is 0.454 e. The third-order valence-corrected chi connectivity index (χ3v) is 5.65. The number of amides is 1. The number of thiophene rings is 1. The van der Waals surface area contributed by atoms with Crippen molar-refractivity contribution in [2.75, 3.05) is 6.79 Å². The molecule has 1 aliphatic heterocycles. The molecular weight excluding hydrogens is 356 g/mol. The maximum atomic E-state index is 12.4. The molecule has 1 N–H and O–H groups in total. The Morgan fingerprint density at radius 2 is 2.16 bits per heavy atom. The van der Waals surface area contributed by atoms with Crippen LogP contribution in [0.4, 0.5) is 0 Å². The minimum Gasteiger partial charge on any atom is -0.454 e. The maximum absolute atomic E-state index is 12.4. The van der Waals surface area contributed by atoms with Gasteiger partial charge in [-0.1, -0.05) is 12.1 Å². The van der Waals surface area contributed by atoms with Gasteiger partial charge in [-0.25, -0.2) is 4.98 Å². The molecule has 2 aromatic heterocycles. The van der Waals surface area contributed by atoms with Crippen molar-refractivity contribution >= 4 is 28.6 Å². The number of aromatic nitrogens is 1. The predicted octanol–water partition coefficient (Wildman–Crippen LogP) is 3.77. The zero-order valence-corrected chi connectivity index (χ0v) is 15.2. The van der Waals surface area contributed by atoms with Crippen LogP contribution in [0.1, 0.15) is 15.4 Å². The highest BCUT2D eigenvalue weighted by Gasteiger charge is 2.16. The Morgan fingerprint density at radius 3 is 3.00 bits per heavy atom. The monoisotopic (exact) mass is 372 g/mol. The number of fused-ring (bicyclic) bond motifs is 1. The van der Waals surface area contributed by atoms with Crippen molar-refractivity contribution in [1.82, 2.24) is 10.3 Å². The summed E-state index contributed by atoms with van der Waals surface area (Å²) in [7, 11) is 0. The van der Waals surface area contributed by atoms with Crippen LogP contribution >= 0.6 is 22.7 Å². The van der Waals surface area contributed by atoms with E-state index in [-0.39, 0.29) is 12.7 Å². The maximum Gasteiger partial charge on any atom is 0.231 e. The summed E-state index contributed by atoms with van der Waals surface area (Å²) >= 11 is 3.22. The Balaban J connectivity index is 1.41. The molecule has 1 aliphatic rings. The number of benzene rings is 1. The third kappa shape index (κ3) is 3.52. The normalized spacial score (nSPS) is 12.4. The molecule has 0 unspecified atom stereocenters. The summed E-state index contributed by atoms with van der Waals surface area (Å²) in [5.41, 5.74) is 1.91. The van der Waals surface area contributed by atoms with Crippen LogP contribution in [0, 0.1) is 6.92 Å². The van der Waals surface area contributed by atoms with Crippen molar-refractivity contribution in [3.05, 3.63) is 51.2 Å². The van der Waals surface area contributed by atoms with Crippen LogP contribution in [-0.2, 0) is 17.8 Å². The highest BCUT2D eigenvalue weighted by Crippen LogP contribution is 2.33. The zero-order valence-electron chi connectivity index (χ0n) is 13.6. The Bertz CT molecular complexity index is 903. The summed E-state index contributed by atoms with van der Waals surface area (Å²) in [6.07, 6.45) is 0.337. The number of aryl methyl sites for hydroxylation is 1. The van der Waals surface area contributed by atoms with Crippen LogP contribution in [0.3, 0.4) is 0 Å². The van der Waals surface area contributed by atoms with E-state index in [0.29, 0.717) is 13.0 Å². The number of thiazole rings is 1. The Labute approximate surface area is 153 Å². The molecule has 4 rings (SSSR count). The van der Waals surface area contributed by atoms with Crippen molar-refractivity contribution in [3.8, 4) is 22.1 Å². The lowest BCUT2D eigenvalue weighted by Crippen LogP contribution is -2.24. The fourth-order valence-corrected chi connectivity index (χ4v) is 4.41. The van der Waals surface area contributed by atoms with Gasteiger partial charge in [-0.2, -0.15) is 0 Å². The fourth-order valence-electron chi connectivity index (χ4n) is 2.65. The van der Waals surface area contributed by atoms with Crippen LogP contribution in [0.15, 0.2) is 35.7 Å². The van der Waals surface area contributed by atoms with E-state index >= 15 is 0 Å². The summed E-state index contributed by atoms with van der Waals surface area (Å²) in [5.74, 6) is 1.46. The van der Waals surface area contributed by atoms with Gasteiger partial charge < -0.3 is 14.8 Å². The highest BCUT2D eigenvalue weighted by molar-refractivity contribution is 7.15. The average molecular weight is 372 g/mol. The summed E-state index contributed by atoms with van der Waals surface area (Å²) in [6.45, 7) is 2.68. The highest BCUT2D eigenvalue weighted by atomic mass is 32.1. The number of hydrogen-bond acceptors (Lipinski definition) is 6. The molecule has 0 bridgehead atoms. The standard InChI is InChI=1S/C18H16N2O3S2/c1-11-20-18(15-3-2-6-24-15)16(25-11)8-17(21)19-9-12-4-5-13-14(7-12)23-10-22-13/h2-7H,8-10H2,1H3,(H,19,21). The molecule has 7 heteroatoms. The first-order chi connectivity index (χ1) is 12.2. The van der Waals surface area contributed by atoms with Crippen molar-refractivity contribution in [3.63, 3.8) is 0 Å². The van der Waals surface area contributed by atoms with Gasteiger partial charge in [0.15, 0.2) is 11.5 Å². The summed E-state index contributed by atoms with van der Waals surface area (Å²) in [4.78, 5) is 19.1. The van der Waals surface area contributed by atoms with E-state index in [2.05, 4.69) is 10.3 Å². The first-order valence-electron chi connectivity index (χ1n) is 7.84. The van der Waals surface area contributed by atoms with Gasteiger partial charge in [0, 0.05) is 11.4 Å². The minimum absolute atomic E-state index is 0.0147. The molecule has 25 heavy (non-hydrogen) atoms. The number of ether oxygens (including phenoxy) is 2. The molecule has 1 amide bonds. The smallest absolute Gasteiger partial charge is 0.231 e. The van der Waals surface area contributed by atoms with E-state index in [9.17, 15) is 4.79 Å². The van der Waals surface area contributed by atoms with E-state index in [4.69, 9.17) is 9.47 Å². The van der Waals surface area contributed by atoms with Gasteiger partial charge in [-0.05, 0) is 36.1 Å². The number of carbonyl (C=O) groups excluding carboxylic acids is 1. The number of carbonyl (C=O) groups is 1. The van der Waals surface area contributed by atoms with Gasteiger partial charge in [0.05, 0.1) is 22.0 Å². The molecule has 0 saturated heterocycles. The van der Waals surface area contributed by atoms with E-state index in [0.717, 1.165) is 37.5 Å². The number of rotatable bonds is 5. The van der Waals surface area contributed by atoms with Gasteiger partial charge in [-0.15, -0.1) is 22.7 Å². The average Bonchev–Trinajstić information content (AvgIpc) is 3.33. The number of nitrogens with one attached hydrogen (secondary N) is 1. The molecule has 3 heterocycles. The van der Waals surface area contributed by atoms with E-state index in [1.807, 2.05) is 42.6 Å². The Morgan fingerprint density at radius 1 is 1.28 bits per heavy atom. The van der Waals surface area contributed by atoms with Crippen LogP contribution in [0.5, 0.6) is 11.5 Å². The second kappa shape index (κ2) is 6.85. The Kier molecular flexibility index (Phi) is 4.42. The van der Waals surface area contributed by atoms with Gasteiger partial charge in [0.1, 0.15) is 0 Å². The minimum atomic E-state index is -0.0147. The second-order valence-corrected chi connectivity index (χ2v) is 7.86.